The summed E-state index contributed by atoms with van der Waals surface area (Å²) < 4.78 is 5.19. The van der Waals surface area contributed by atoms with Gasteiger partial charge in [-0.2, -0.15) is 0 Å². The zero-order chi connectivity index (χ0) is 11.4. The number of hydrogen-bond donors (Lipinski definition) is 1. The van der Waals surface area contributed by atoms with Gasteiger partial charge in [0.15, 0.2) is 0 Å². The van der Waals surface area contributed by atoms with Gasteiger partial charge >= 0.3 is 0 Å². The molecule has 1 aliphatic heterocycles. The summed E-state index contributed by atoms with van der Waals surface area (Å²) in [5.74, 6) is 0.652. The van der Waals surface area contributed by atoms with Crippen molar-refractivity contribution in [1.82, 2.24) is 4.98 Å². The summed E-state index contributed by atoms with van der Waals surface area (Å²) in [6.07, 6.45) is 3.11. The maximum Gasteiger partial charge on any atom is 0.0553 e. The molecule has 88 valence electrons. The molecule has 2 heterocycles. The van der Waals surface area contributed by atoms with Gasteiger partial charge in [-0.25, -0.2) is 0 Å². The third kappa shape index (κ3) is 2.51. The summed E-state index contributed by atoms with van der Waals surface area (Å²) in [4.78, 5) is 6.67. The molecule has 4 nitrogen and oxygen atoms in total. The Kier molecular flexibility index (Phi) is 3.74. The van der Waals surface area contributed by atoms with Crippen LogP contribution < -0.4 is 10.6 Å². The van der Waals surface area contributed by atoms with Crippen LogP contribution in [0.5, 0.6) is 0 Å². The van der Waals surface area contributed by atoms with Gasteiger partial charge in [-0.05, 0) is 18.6 Å². The maximum atomic E-state index is 5.52. The van der Waals surface area contributed by atoms with Crippen LogP contribution in [0.4, 0.5) is 5.69 Å². The van der Waals surface area contributed by atoms with Gasteiger partial charge in [-0.1, -0.05) is 0 Å². The summed E-state index contributed by atoms with van der Waals surface area (Å²) in [6, 6.07) is 4.10. The molecule has 0 radical (unpaired) electrons. The highest BCUT2D eigenvalue weighted by Crippen LogP contribution is 2.23. The highest BCUT2D eigenvalue weighted by molar-refractivity contribution is 5.45. The molecule has 0 aromatic carbocycles. The fraction of sp³-hybridized carbons (Fsp3) is 0.583. The van der Waals surface area contributed by atoms with Gasteiger partial charge in [0, 0.05) is 32.7 Å². The second-order valence-electron chi connectivity index (χ2n) is 4.27. The van der Waals surface area contributed by atoms with Gasteiger partial charge in [0.25, 0.3) is 0 Å². The Balaban J connectivity index is 1.97. The third-order valence-corrected chi connectivity index (χ3v) is 3.07. The zero-order valence-corrected chi connectivity index (χ0v) is 9.72. The van der Waals surface area contributed by atoms with Crippen molar-refractivity contribution in [2.24, 2.45) is 11.7 Å². The Morgan fingerprint density at radius 2 is 2.44 bits per heavy atom. The molecule has 0 aliphatic carbocycles. The summed E-state index contributed by atoms with van der Waals surface area (Å²) >= 11 is 0. The van der Waals surface area contributed by atoms with Crippen LogP contribution in [-0.2, 0) is 11.3 Å². The summed E-state index contributed by atoms with van der Waals surface area (Å²) in [5, 5.41) is 0. The second kappa shape index (κ2) is 5.27. The number of aromatic nitrogens is 1. The monoisotopic (exact) mass is 221 g/mol. The average Bonchev–Trinajstić information content (AvgIpc) is 2.78. The molecule has 2 N–H and O–H groups in total. The van der Waals surface area contributed by atoms with Crippen LogP contribution in [0, 0.1) is 5.92 Å². The Labute approximate surface area is 96.4 Å². The van der Waals surface area contributed by atoms with Crippen LogP contribution in [0.15, 0.2) is 18.3 Å². The number of ether oxygens (including phenoxy) is 1. The number of anilines is 1. The van der Waals surface area contributed by atoms with Crippen LogP contribution in [0.25, 0.3) is 0 Å². The molecule has 0 bridgehead atoms. The normalized spacial score (nSPS) is 20.4. The number of rotatable bonds is 4. The van der Waals surface area contributed by atoms with Crippen LogP contribution >= 0.6 is 0 Å². The quantitative estimate of drug-likeness (QED) is 0.824. The lowest BCUT2D eigenvalue weighted by Crippen LogP contribution is -2.21. The molecule has 1 aromatic heterocycles. The first-order valence-electron chi connectivity index (χ1n) is 5.72. The Bertz CT molecular complexity index is 326. The number of hydrogen-bond acceptors (Lipinski definition) is 4. The SMILES string of the molecule is COCC1CCN(c2ccc(CN)nc2)C1. The third-order valence-electron chi connectivity index (χ3n) is 3.07. The molecular formula is C12H19N3O. The predicted octanol–water partition coefficient (Wildman–Crippen LogP) is 1.01. The minimum atomic E-state index is 0.507. The second-order valence-corrected chi connectivity index (χ2v) is 4.27. The van der Waals surface area contributed by atoms with Gasteiger partial charge in [0.2, 0.25) is 0 Å². The summed E-state index contributed by atoms with van der Waals surface area (Å²) in [6.45, 7) is 3.52. The first kappa shape index (κ1) is 11.4. The van der Waals surface area contributed by atoms with E-state index < -0.39 is 0 Å². The van der Waals surface area contributed by atoms with Crippen molar-refractivity contribution in [2.45, 2.75) is 13.0 Å². The minimum Gasteiger partial charge on any atom is -0.384 e. The molecule has 0 amide bonds. The van der Waals surface area contributed by atoms with E-state index in [1.807, 2.05) is 12.3 Å². The van der Waals surface area contributed by atoms with E-state index in [0.29, 0.717) is 12.5 Å². The van der Waals surface area contributed by atoms with E-state index in [9.17, 15) is 0 Å². The topological polar surface area (TPSA) is 51.4 Å². The van der Waals surface area contributed by atoms with Crippen molar-refractivity contribution in [3.63, 3.8) is 0 Å². The fourth-order valence-corrected chi connectivity index (χ4v) is 2.16. The van der Waals surface area contributed by atoms with Gasteiger partial charge in [0.1, 0.15) is 0 Å². The average molecular weight is 221 g/mol. The van der Waals surface area contributed by atoms with Crippen molar-refractivity contribution in [1.29, 1.82) is 0 Å². The minimum absolute atomic E-state index is 0.507. The number of methoxy groups -OCH3 is 1. The van der Waals surface area contributed by atoms with E-state index in [-0.39, 0.29) is 0 Å². The fourth-order valence-electron chi connectivity index (χ4n) is 2.16. The van der Waals surface area contributed by atoms with E-state index in [1.165, 1.54) is 12.1 Å². The number of nitrogens with zero attached hydrogens (tertiary/aromatic N) is 2. The van der Waals surface area contributed by atoms with Crippen LogP contribution in [-0.4, -0.2) is 31.8 Å². The van der Waals surface area contributed by atoms with Crippen molar-refractivity contribution in [2.75, 3.05) is 31.7 Å². The molecule has 1 unspecified atom stereocenters. The van der Waals surface area contributed by atoms with E-state index in [1.54, 1.807) is 7.11 Å². The first-order valence-corrected chi connectivity index (χ1v) is 5.72. The number of pyridine rings is 1. The molecule has 16 heavy (non-hydrogen) atoms. The van der Waals surface area contributed by atoms with Crippen LogP contribution in [0.1, 0.15) is 12.1 Å². The van der Waals surface area contributed by atoms with Crippen molar-refractivity contribution >= 4 is 5.69 Å². The lowest BCUT2D eigenvalue weighted by Gasteiger charge is -2.18. The lowest BCUT2D eigenvalue weighted by molar-refractivity contribution is 0.161. The predicted molar refractivity (Wildman–Crippen MR) is 64.3 cm³/mol. The molecule has 0 spiro atoms. The van der Waals surface area contributed by atoms with Crippen LogP contribution in [0.2, 0.25) is 0 Å². The van der Waals surface area contributed by atoms with Crippen molar-refractivity contribution in [3.05, 3.63) is 24.0 Å². The molecule has 1 aliphatic rings. The number of nitrogens with two attached hydrogens (primary N) is 1. The van der Waals surface area contributed by atoms with Crippen molar-refractivity contribution in [3.8, 4) is 0 Å². The smallest absolute Gasteiger partial charge is 0.0553 e. The van der Waals surface area contributed by atoms with Gasteiger partial charge in [0.05, 0.1) is 24.2 Å². The lowest BCUT2D eigenvalue weighted by atomic mass is 10.1. The largest absolute Gasteiger partial charge is 0.384 e. The molecule has 2 rings (SSSR count). The molecule has 1 atom stereocenters. The Hall–Kier alpha value is -1.13. The molecule has 4 heteroatoms. The molecule has 1 saturated heterocycles. The van der Waals surface area contributed by atoms with E-state index in [0.717, 1.165) is 25.4 Å². The maximum absolute atomic E-state index is 5.52. The van der Waals surface area contributed by atoms with Gasteiger partial charge in [-0.3, -0.25) is 4.98 Å². The first-order chi connectivity index (χ1) is 7.83. The highest BCUT2D eigenvalue weighted by atomic mass is 16.5. The van der Waals surface area contributed by atoms with Crippen molar-refractivity contribution < 1.29 is 4.74 Å². The Morgan fingerprint density at radius 1 is 1.56 bits per heavy atom. The van der Waals surface area contributed by atoms with Gasteiger partial charge in [-0.15, -0.1) is 0 Å². The standard InChI is InChI=1S/C12H19N3O/c1-16-9-10-4-5-15(8-10)12-3-2-11(6-13)14-7-12/h2-3,7,10H,4-6,8-9,13H2,1H3. The van der Waals surface area contributed by atoms with E-state index >= 15 is 0 Å². The Morgan fingerprint density at radius 3 is 3.06 bits per heavy atom. The zero-order valence-electron chi connectivity index (χ0n) is 9.72. The summed E-state index contributed by atoms with van der Waals surface area (Å²) in [7, 11) is 1.76. The van der Waals surface area contributed by atoms with E-state index in [2.05, 4.69) is 16.0 Å². The molecule has 0 saturated carbocycles. The molecular weight excluding hydrogens is 202 g/mol. The summed E-state index contributed by atoms with van der Waals surface area (Å²) in [5.41, 5.74) is 7.65. The van der Waals surface area contributed by atoms with E-state index in [4.69, 9.17) is 10.5 Å². The van der Waals surface area contributed by atoms with Crippen LogP contribution in [0.3, 0.4) is 0 Å². The molecule has 1 aromatic rings. The highest BCUT2D eigenvalue weighted by Gasteiger charge is 2.22. The van der Waals surface area contributed by atoms with Gasteiger partial charge < -0.3 is 15.4 Å². The molecule has 1 fully saturated rings.